The van der Waals surface area contributed by atoms with Gasteiger partial charge in [0.2, 0.25) is 0 Å². The molecule has 3 heterocycles. The van der Waals surface area contributed by atoms with Gasteiger partial charge < -0.3 is 15.0 Å². The summed E-state index contributed by atoms with van der Waals surface area (Å²) < 4.78 is 5.04. The van der Waals surface area contributed by atoms with Gasteiger partial charge in [-0.1, -0.05) is 0 Å². The number of hydrogen-bond donors (Lipinski definition) is 2. The average Bonchev–Trinajstić information content (AvgIpc) is 2.47. The number of H-pyrrole nitrogens is 1. The fourth-order valence-electron chi connectivity index (χ4n) is 1.43. The monoisotopic (exact) mass is 205 g/mol. The molecule has 1 aromatic rings. The van der Waals surface area contributed by atoms with Crippen molar-refractivity contribution in [3.05, 3.63) is 17.8 Å². The second kappa shape index (κ2) is 3.09. The number of aliphatic imine (C=N–C) groups is 1. The molecule has 0 bridgehead atoms. The van der Waals surface area contributed by atoms with Gasteiger partial charge in [-0.05, 0) is 13.0 Å². The summed E-state index contributed by atoms with van der Waals surface area (Å²) in [6, 6.07) is 1.90. The molecule has 1 fully saturated rings. The van der Waals surface area contributed by atoms with Crippen LogP contribution in [0.5, 0.6) is 0 Å². The molecule has 2 aliphatic rings. The molecule has 2 aliphatic heterocycles. The Hall–Kier alpha value is -1.82. The number of aromatic amines is 1. The molecule has 0 spiro atoms. The van der Waals surface area contributed by atoms with Gasteiger partial charge in [-0.25, -0.2) is 4.99 Å². The zero-order valence-electron chi connectivity index (χ0n) is 8.32. The number of rotatable bonds is 2. The van der Waals surface area contributed by atoms with Gasteiger partial charge in [-0.3, -0.25) is 5.10 Å². The van der Waals surface area contributed by atoms with Crippen molar-refractivity contribution < 1.29 is 4.74 Å². The lowest BCUT2D eigenvalue weighted by Gasteiger charge is -2.30. The smallest absolute Gasteiger partial charge is 0.156 e. The first-order valence-electron chi connectivity index (χ1n) is 4.73. The van der Waals surface area contributed by atoms with Crippen LogP contribution in [0.4, 0.5) is 11.6 Å². The summed E-state index contributed by atoms with van der Waals surface area (Å²) in [5, 5.41) is 10.1. The van der Waals surface area contributed by atoms with Crippen LogP contribution in [0.1, 0.15) is 6.92 Å². The van der Waals surface area contributed by atoms with Crippen LogP contribution in [0, 0.1) is 0 Å². The van der Waals surface area contributed by atoms with E-state index in [4.69, 9.17) is 4.74 Å². The minimum absolute atomic E-state index is 0.609. The highest BCUT2D eigenvalue weighted by molar-refractivity contribution is 6.01. The Bertz CT molecular complexity index is 443. The van der Waals surface area contributed by atoms with E-state index in [0.717, 1.165) is 23.2 Å². The normalized spacial score (nSPS) is 21.8. The minimum atomic E-state index is 0.609. The molecule has 15 heavy (non-hydrogen) atoms. The molecular formula is C9H11N5O. The summed E-state index contributed by atoms with van der Waals surface area (Å²) in [6.45, 7) is 3.21. The third-order valence-corrected chi connectivity index (χ3v) is 2.29. The van der Waals surface area contributed by atoms with Gasteiger partial charge in [-0.2, -0.15) is 5.10 Å². The Balaban J connectivity index is 1.76. The average molecular weight is 205 g/mol. The Morgan fingerprint density at radius 1 is 1.53 bits per heavy atom. The molecule has 0 aromatic carbocycles. The lowest BCUT2D eigenvalue weighted by molar-refractivity contribution is 0.0396. The highest BCUT2D eigenvalue weighted by Crippen LogP contribution is 2.21. The van der Waals surface area contributed by atoms with E-state index in [1.165, 1.54) is 0 Å². The van der Waals surface area contributed by atoms with Crippen molar-refractivity contribution in [1.82, 2.24) is 15.5 Å². The molecule has 0 aliphatic carbocycles. The van der Waals surface area contributed by atoms with Gasteiger partial charge in [0, 0.05) is 11.8 Å². The molecule has 0 saturated carbocycles. The van der Waals surface area contributed by atoms with Gasteiger partial charge in [0.1, 0.15) is 19.3 Å². The number of amidine groups is 1. The molecular weight excluding hydrogens is 194 g/mol. The first-order valence-corrected chi connectivity index (χ1v) is 4.73. The van der Waals surface area contributed by atoms with Crippen LogP contribution in [0.3, 0.4) is 0 Å². The van der Waals surface area contributed by atoms with Crippen LogP contribution < -0.4 is 10.2 Å². The van der Waals surface area contributed by atoms with Crippen LogP contribution in [0.15, 0.2) is 22.8 Å². The highest BCUT2D eigenvalue weighted by Gasteiger charge is 2.18. The predicted octanol–water partition coefficient (Wildman–Crippen LogP) is 0.698. The number of nitrogens with zero attached hydrogens (tertiary/aromatic N) is 3. The van der Waals surface area contributed by atoms with Crippen LogP contribution in [0.25, 0.3) is 0 Å². The predicted molar refractivity (Wildman–Crippen MR) is 55.9 cm³/mol. The molecule has 0 unspecified atom stereocenters. The van der Waals surface area contributed by atoms with Gasteiger partial charge >= 0.3 is 0 Å². The maximum Gasteiger partial charge on any atom is 0.156 e. The topological polar surface area (TPSA) is 65.5 Å². The maximum atomic E-state index is 5.04. The van der Waals surface area contributed by atoms with Gasteiger partial charge in [0.05, 0.1) is 0 Å². The number of aromatic nitrogens is 2. The summed E-state index contributed by atoms with van der Waals surface area (Å²) in [6.07, 6.45) is 1.98. The zero-order chi connectivity index (χ0) is 10.3. The summed E-state index contributed by atoms with van der Waals surface area (Å²) in [5.74, 6) is 2.49. The van der Waals surface area contributed by atoms with Crippen molar-refractivity contribution in [2.75, 3.05) is 18.4 Å². The highest BCUT2D eigenvalue weighted by atomic mass is 16.5. The lowest BCUT2D eigenvalue weighted by Crippen LogP contribution is -2.40. The van der Waals surface area contributed by atoms with E-state index >= 15 is 0 Å². The SMILES string of the molecule is CC1=CC(=Nc2cc(N3COC3)n[nH]2)N1. The molecule has 1 saturated heterocycles. The number of hydrogen-bond acceptors (Lipinski definition) is 4. The van der Waals surface area contributed by atoms with Gasteiger partial charge in [-0.15, -0.1) is 0 Å². The van der Waals surface area contributed by atoms with Crippen molar-refractivity contribution in [3.8, 4) is 0 Å². The largest absolute Gasteiger partial charge is 0.344 e. The van der Waals surface area contributed by atoms with E-state index in [1.54, 1.807) is 0 Å². The Morgan fingerprint density at radius 2 is 2.33 bits per heavy atom. The molecule has 1 aromatic heterocycles. The van der Waals surface area contributed by atoms with Crippen molar-refractivity contribution in [1.29, 1.82) is 0 Å². The van der Waals surface area contributed by atoms with Gasteiger partial charge in [0.25, 0.3) is 0 Å². The third kappa shape index (κ3) is 1.48. The van der Waals surface area contributed by atoms with Crippen molar-refractivity contribution in [2.24, 2.45) is 4.99 Å². The summed E-state index contributed by atoms with van der Waals surface area (Å²) in [5.41, 5.74) is 1.13. The molecule has 2 N–H and O–H groups in total. The summed E-state index contributed by atoms with van der Waals surface area (Å²) in [7, 11) is 0. The quantitative estimate of drug-likeness (QED) is 0.745. The summed E-state index contributed by atoms with van der Waals surface area (Å²) in [4.78, 5) is 6.33. The number of allylic oxidation sites excluding steroid dienone is 1. The Kier molecular flexibility index (Phi) is 1.75. The van der Waals surface area contributed by atoms with Crippen molar-refractivity contribution in [2.45, 2.75) is 6.92 Å². The Labute approximate surface area is 86.6 Å². The fourth-order valence-corrected chi connectivity index (χ4v) is 1.43. The van der Waals surface area contributed by atoms with Crippen LogP contribution in [0.2, 0.25) is 0 Å². The van der Waals surface area contributed by atoms with E-state index in [2.05, 4.69) is 20.5 Å². The van der Waals surface area contributed by atoms with Crippen LogP contribution >= 0.6 is 0 Å². The second-order valence-corrected chi connectivity index (χ2v) is 3.56. The standard InChI is InChI=1S/C9H11N5O/c1-6-2-7(10-6)11-8-3-9(13-12-8)14-4-15-5-14/h2-3H,4-5H2,1H3,(H2,10,11,12,13). The van der Waals surface area contributed by atoms with Gasteiger partial charge in [0.15, 0.2) is 11.6 Å². The van der Waals surface area contributed by atoms with E-state index in [1.807, 2.05) is 24.0 Å². The van der Waals surface area contributed by atoms with E-state index in [-0.39, 0.29) is 0 Å². The molecule has 78 valence electrons. The number of nitrogens with one attached hydrogen (secondary N) is 2. The third-order valence-electron chi connectivity index (χ3n) is 2.29. The molecule has 3 rings (SSSR count). The molecule has 0 radical (unpaired) electrons. The summed E-state index contributed by atoms with van der Waals surface area (Å²) >= 11 is 0. The lowest BCUT2D eigenvalue weighted by atomic mass is 10.3. The first-order chi connectivity index (χ1) is 7.31. The zero-order valence-corrected chi connectivity index (χ0v) is 8.32. The van der Waals surface area contributed by atoms with E-state index < -0.39 is 0 Å². The second-order valence-electron chi connectivity index (χ2n) is 3.56. The molecule has 6 nitrogen and oxygen atoms in total. The van der Waals surface area contributed by atoms with Crippen molar-refractivity contribution in [3.63, 3.8) is 0 Å². The Morgan fingerprint density at radius 3 is 2.93 bits per heavy atom. The first kappa shape index (κ1) is 8.49. The van der Waals surface area contributed by atoms with Crippen LogP contribution in [-0.2, 0) is 4.74 Å². The van der Waals surface area contributed by atoms with Crippen molar-refractivity contribution >= 4 is 17.5 Å². The van der Waals surface area contributed by atoms with E-state index in [9.17, 15) is 0 Å². The van der Waals surface area contributed by atoms with E-state index in [0.29, 0.717) is 13.5 Å². The molecule has 6 heteroatoms. The van der Waals surface area contributed by atoms with Crippen LogP contribution in [-0.4, -0.2) is 29.5 Å². The maximum absolute atomic E-state index is 5.04. The number of anilines is 1. The molecule has 0 amide bonds. The minimum Gasteiger partial charge on any atom is -0.344 e. The molecule has 0 atom stereocenters. The number of ether oxygens (including phenoxy) is 1. The fraction of sp³-hybridized carbons (Fsp3) is 0.333.